The second-order valence-electron chi connectivity index (χ2n) is 8.47. The molecule has 3 heterocycles. The summed E-state index contributed by atoms with van der Waals surface area (Å²) in [5.41, 5.74) is 5.00. The van der Waals surface area contributed by atoms with Gasteiger partial charge in [0.25, 0.3) is 5.56 Å². The van der Waals surface area contributed by atoms with Crippen LogP contribution in [0.25, 0.3) is 16.6 Å². The van der Waals surface area contributed by atoms with E-state index in [4.69, 9.17) is 5.73 Å². The first-order chi connectivity index (χ1) is 17.2. The summed E-state index contributed by atoms with van der Waals surface area (Å²) in [6.07, 6.45) is -3.51. The number of aromatic nitrogens is 4. The van der Waals surface area contributed by atoms with E-state index in [2.05, 4.69) is 21.0 Å². The maximum absolute atomic E-state index is 13.8. The number of nitrogens with zero attached hydrogens (tertiary/aromatic N) is 6. The van der Waals surface area contributed by atoms with E-state index in [-0.39, 0.29) is 22.9 Å². The number of hydrogen-bond acceptors (Lipinski definition) is 7. The summed E-state index contributed by atoms with van der Waals surface area (Å²) >= 11 is 0. The molecule has 2 N–H and O–H groups in total. The minimum Gasteiger partial charge on any atom is -0.368 e. The Morgan fingerprint density at radius 1 is 1.08 bits per heavy atom. The molecule has 0 amide bonds. The number of alkyl halides is 3. The molecule has 182 valence electrons. The van der Waals surface area contributed by atoms with Crippen LogP contribution >= 0.6 is 0 Å². The Morgan fingerprint density at radius 3 is 2.53 bits per heavy atom. The van der Waals surface area contributed by atoms with Crippen molar-refractivity contribution < 1.29 is 13.2 Å². The van der Waals surface area contributed by atoms with Gasteiger partial charge in [-0.1, -0.05) is 24.3 Å². The maximum atomic E-state index is 13.8. The summed E-state index contributed by atoms with van der Waals surface area (Å²) in [5, 5.41) is 9.26. The quantitative estimate of drug-likeness (QED) is 0.455. The van der Waals surface area contributed by atoms with E-state index < -0.39 is 28.7 Å². The second-order valence-corrected chi connectivity index (χ2v) is 8.47. The summed E-state index contributed by atoms with van der Waals surface area (Å²) < 4.78 is 42.7. The molecule has 0 aliphatic carbocycles. The molecule has 0 unspecified atom stereocenters. The standard InChI is InChI=1S/C25H20F3N7O/c1-14-16(13-29)21(33-24(30)31-14)34-12-6-11-19(34)22-32-18-10-5-9-17(25(26,27)28)20(18)23(36)35(22)15-7-3-2-4-8-15/h2-5,7-10,19H,6,11-12H2,1H3,(H2,30,31,33)/t19-/m0/s1. The lowest BCUT2D eigenvalue weighted by Gasteiger charge is -2.28. The van der Waals surface area contributed by atoms with Crippen LogP contribution in [0.15, 0.2) is 53.3 Å². The topological polar surface area (TPSA) is 114 Å². The molecule has 1 saturated heterocycles. The SMILES string of the molecule is Cc1nc(N)nc(N2CCC[C@H]2c2nc3cccc(C(F)(F)F)c3c(=O)n2-c2ccccc2)c1C#N. The Labute approximate surface area is 203 Å². The summed E-state index contributed by atoms with van der Waals surface area (Å²) in [6, 6.07) is 13.5. The lowest BCUT2D eigenvalue weighted by Crippen LogP contribution is -2.33. The Morgan fingerprint density at radius 2 is 1.83 bits per heavy atom. The fourth-order valence-electron chi connectivity index (χ4n) is 4.74. The van der Waals surface area contributed by atoms with E-state index in [1.54, 1.807) is 37.3 Å². The van der Waals surface area contributed by atoms with Crippen LogP contribution in [0.4, 0.5) is 24.9 Å². The van der Waals surface area contributed by atoms with Gasteiger partial charge in [-0.15, -0.1) is 0 Å². The summed E-state index contributed by atoms with van der Waals surface area (Å²) in [5.74, 6) is 0.561. The van der Waals surface area contributed by atoms with Crippen LogP contribution in [-0.2, 0) is 6.18 Å². The zero-order valence-electron chi connectivity index (χ0n) is 19.1. The van der Waals surface area contributed by atoms with Gasteiger partial charge in [0.2, 0.25) is 5.95 Å². The van der Waals surface area contributed by atoms with E-state index in [1.165, 1.54) is 16.7 Å². The van der Waals surface area contributed by atoms with Crippen LogP contribution in [0, 0.1) is 18.3 Å². The molecule has 0 bridgehead atoms. The number of aryl methyl sites for hydroxylation is 1. The lowest BCUT2D eigenvalue weighted by molar-refractivity contribution is -0.136. The average Bonchev–Trinajstić information content (AvgIpc) is 3.33. The van der Waals surface area contributed by atoms with Crippen molar-refractivity contribution in [2.24, 2.45) is 0 Å². The smallest absolute Gasteiger partial charge is 0.368 e. The molecule has 1 aliphatic heterocycles. The van der Waals surface area contributed by atoms with E-state index in [1.807, 2.05) is 4.90 Å². The Hall–Kier alpha value is -4.46. The molecular formula is C25H20F3N7O. The van der Waals surface area contributed by atoms with Crippen molar-refractivity contribution in [1.29, 1.82) is 5.26 Å². The fraction of sp³-hybridized carbons (Fsp3) is 0.240. The Bertz CT molecular complexity index is 1580. The maximum Gasteiger partial charge on any atom is 0.417 e. The predicted octanol–water partition coefficient (Wildman–Crippen LogP) is 4.30. The number of nitriles is 1. The molecule has 0 radical (unpaired) electrons. The van der Waals surface area contributed by atoms with Gasteiger partial charge >= 0.3 is 6.18 Å². The zero-order chi connectivity index (χ0) is 25.6. The van der Waals surface area contributed by atoms with E-state index in [0.717, 1.165) is 6.07 Å². The largest absolute Gasteiger partial charge is 0.417 e. The van der Waals surface area contributed by atoms with E-state index >= 15 is 0 Å². The molecule has 1 fully saturated rings. The van der Waals surface area contributed by atoms with Crippen LogP contribution in [-0.4, -0.2) is 26.1 Å². The molecule has 1 aliphatic rings. The number of hydrogen-bond donors (Lipinski definition) is 1. The van der Waals surface area contributed by atoms with Crippen molar-refractivity contribution in [2.45, 2.75) is 32.0 Å². The third-order valence-electron chi connectivity index (χ3n) is 6.27. The Kier molecular flexibility index (Phi) is 5.59. The van der Waals surface area contributed by atoms with E-state index in [0.29, 0.717) is 36.6 Å². The van der Waals surface area contributed by atoms with Gasteiger partial charge in [-0.2, -0.15) is 23.4 Å². The number of nitrogen functional groups attached to an aromatic ring is 1. The van der Waals surface area contributed by atoms with Crippen molar-refractivity contribution in [3.05, 3.63) is 81.5 Å². The van der Waals surface area contributed by atoms with Gasteiger partial charge in [-0.05, 0) is 44.0 Å². The first-order valence-corrected chi connectivity index (χ1v) is 11.2. The van der Waals surface area contributed by atoms with Gasteiger partial charge in [0, 0.05) is 6.54 Å². The second kappa shape index (κ2) is 8.64. The number of rotatable bonds is 3. The predicted molar refractivity (Wildman–Crippen MR) is 128 cm³/mol. The van der Waals surface area contributed by atoms with Crippen LogP contribution < -0.4 is 16.2 Å². The van der Waals surface area contributed by atoms with Crippen molar-refractivity contribution in [1.82, 2.24) is 19.5 Å². The highest BCUT2D eigenvalue weighted by Gasteiger charge is 2.37. The lowest BCUT2D eigenvalue weighted by atomic mass is 10.1. The van der Waals surface area contributed by atoms with Gasteiger partial charge in [-0.25, -0.2) is 9.97 Å². The number of anilines is 2. The number of benzene rings is 2. The van der Waals surface area contributed by atoms with Gasteiger partial charge < -0.3 is 10.6 Å². The average molecular weight is 491 g/mol. The molecule has 8 nitrogen and oxygen atoms in total. The van der Waals surface area contributed by atoms with Gasteiger partial charge in [0.15, 0.2) is 5.82 Å². The molecule has 4 aromatic rings. The number of nitrogens with two attached hydrogens (primary N) is 1. The Balaban J connectivity index is 1.81. The first-order valence-electron chi connectivity index (χ1n) is 11.2. The van der Waals surface area contributed by atoms with E-state index in [9.17, 15) is 23.2 Å². The normalized spacial score (nSPS) is 15.9. The summed E-state index contributed by atoms with van der Waals surface area (Å²) in [6.45, 7) is 2.14. The highest BCUT2D eigenvalue weighted by molar-refractivity contribution is 5.82. The van der Waals surface area contributed by atoms with Crippen molar-refractivity contribution in [2.75, 3.05) is 17.2 Å². The highest BCUT2D eigenvalue weighted by atomic mass is 19.4. The van der Waals surface area contributed by atoms with Crippen LogP contribution in [0.2, 0.25) is 0 Å². The van der Waals surface area contributed by atoms with Crippen molar-refractivity contribution in [3.63, 3.8) is 0 Å². The van der Waals surface area contributed by atoms with Crippen molar-refractivity contribution >= 4 is 22.7 Å². The third-order valence-corrected chi connectivity index (χ3v) is 6.27. The molecule has 0 saturated carbocycles. The number of para-hydroxylation sites is 1. The summed E-state index contributed by atoms with van der Waals surface area (Å²) in [7, 11) is 0. The molecule has 36 heavy (non-hydrogen) atoms. The van der Waals surface area contributed by atoms with Crippen LogP contribution in [0.5, 0.6) is 0 Å². The molecule has 2 aromatic carbocycles. The molecule has 1 atom stereocenters. The molecule has 11 heteroatoms. The molecule has 2 aromatic heterocycles. The van der Waals surface area contributed by atoms with Gasteiger partial charge in [-0.3, -0.25) is 9.36 Å². The highest BCUT2D eigenvalue weighted by Crippen LogP contribution is 2.39. The zero-order valence-corrected chi connectivity index (χ0v) is 19.1. The monoisotopic (exact) mass is 491 g/mol. The fourth-order valence-corrected chi connectivity index (χ4v) is 4.74. The van der Waals surface area contributed by atoms with Crippen LogP contribution in [0.3, 0.4) is 0 Å². The minimum absolute atomic E-state index is 0.00566. The molecule has 0 spiro atoms. The summed E-state index contributed by atoms with van der Waals surface area (Å²) in [4.78, 5) is 28.6. The minimum atomic E-state index is -4.73. The first kappa shape index (κ1) is 23.3. The van der Waals surface area contributed by atoms with Crippen LogP contribution in [0.1, 0.15) is 41.5 Å². The van der Waals surface area contributed by atoms with Crippen molar-refractivity contribution in [3.8, 4) is 11.8 Å². The molecular weight excluding hydrogens is 471 g/mol. The number of fused-ring (bicyclic) bond motifs is 1. The number of halogens is 3. The van der Waals surface area contributed by atoms with Gasteiger partial charge in [0.1, 0.15) is 17.5 Å². The van der Waals surface area contributed by atoms with Gasteiger partial charge in [0.05, 0.1) is 33.9 Å². The molecule has 5 rings (SSSR count). The third kappa shape index (κ3) is 3.80.